The second-order valence-electron chi connectivity index (χ2n) is 7.25. The Morgan fingerprint density at radius 1 is 1.32 bits per heavy atom. The lowest BCUT2D eigenvalue weighted by atomic mass is 10.1. The minimum atomic E-state index is -0.300. The molecule has 0 bridgehead atoms. The summed E-state index contributed by atoms with van der Waals surface area (Å²) in [6.07, 6.45) is 1.52. The Labute approximate surface area is 145 Å². The van der Waals surface area contributed by atoms with Crippen LogP contribution in [0.2, 0.25) is 0 Å². The summed E-state index contributed by atoms with van der Waals surface area (Å²) < 4.78 is 15.5. The van der Waals surface area contributed by atoms with Crippen molar-refractivity contribution >= 4 is 17.0 Å². The second kappa shape index (κ2) is 5.98. The van der Waals surface area contributed by atoms with Crippen molar-refractivity contribution in [2.24, 2.45) is 0 Å². The highest BCUT2D eigenvalue weighted by molar-refractivity contribution is 5.74. The summed E-state index contributed by atoms with van der Waals surface area (Å²) in [6.45, 7) is 9.58. The lowest BCUT2D eigenvalue weighted by molar-refractivity contribution is 0.366. The van der Waals surface area contributed by atoms with Crippen LogP contribution in [0, 0.1) is 12.7 Å². The van der Waals surface area contributed by atoms with E-state index in [0.29, 0.717) is 22.5 Å². The number of aromatic nitrogens is 4. The van der Waals surface area contributed by atoms with Gasteiger partial charge in [-0.1, -0.05) is 12.1 Å². The molecular weight excluding hydrogens is 321 g/mol. The van der Waals surface area contributed by atoms with Gasteiger partial charge in [-0.15, -0.1) is 0 Å². The Hall–Kier alpha value is -2.70. The Morgan fingerprint density at radius 3 is 2.68 bits per heavy atom. The van der Waals surface area contributed by atoms with Crippen LogP contribution in [-0.4, -0.2) is 19.7 Å². The molecule has 0 saturated carbocycles. The van der Waals surface area contributed by atoms with Gasteiger partial charge in [0.2, 0.25) is 5.95 Å². The zero-order valence-electron chi connectivity index (χ0n) is 15.0. The van der Waals surface area contributed by atoms with Crippen LogP contribution >= 0.6 is 0 Å². The molecule has 0 aliphatic rings. The molecule has 0 saturated heterocycles. The van der Waals surface area contributed by atoms with Gasteiger partial charge < -0.3 is 5.32 Å². The summed E-state index contributed by atoms with van der Waals surface area (Å²) in [4.78, 5) is 19.5. The molecule has 1 atom stereocenters. The largest absolute Gasteiger partial charge is 0.349 e. The van der Waals surface area contributed by atoms with Crippen molar-refractivity contribution in [1.82, 2.24) is 19.7 Å². The van der Waals surface area contributed by atoms with E-state index in [4.69, 9.17) is 0 Å². The highest BCUT2D eigenvalue weighted by atomic mass is 19.1. The molecule has 1 unspecified atom stereocenters. The van der Waals surface area contributed by atoms with Crippen molar-refractivity contribution < 1.29 is 4.39 Å². The molecule has 2 N–H and O–H groups in total. The molecule has 0 aliphatic carbocycles. The minimum Gasteiger partial charge on any atom is -0.349 e. The van der Waals surface area contributed by atoms with Crippen LogP contribution in [0.1, 0.15) is 44.9 Å². The molecule has 25 heavy (non-hydrogen) atoms. The standard InChI is InChI=1S/C18H22FN5O/c1-10-6-7-12(8-14(10)19)11(2)21-17-22-15-13(16(25)23-17)9-20-24(15)18(3,4)5/h6-9,11H,1-5H3,(H2,21,22,23,25). The molecule has 132 valence electrons. The van der Waals surface area contributed by atoms with Crippen molar-refractivity contribution in [1.29, 1.82) is 0 Å². The van der Waals surface area contributed by atoms with E-state index in [1.165, 1.54) is 12.3 Å². The predicted octanol–water partition coefficient (Wildman–Crippen LogP) is 3.50. The maximum Gasteiger partial charge on any atom is 0.263 e. The number of hydrogen-bond acceptors (Lipinski definition) is 4. The zero-order valence-corrected chi connectivity index (χ0v) is 15.0. The third-order valence-electron chi connectivity index (χ3n) is 4.12. The fourth-order valence-electron chi connectivity index (χ4n) is 2.64. The van der Waals surface area contributed by atoms with Gasteiger partial charge in [0, 0.05) is 0 Å². The van der Waals surface area contributed by atoms with E-state index in [-0.39, 0.29) is 23.0 Å². The van der Waals surface area contributed by atoms with Crippen LogP contribution in [0.3, 0.4) is 0 Å². The average Bonchev–Trinajstić information content (AvgIpc) is 2.94. The summed E-state index contributed by atoms with van der Waals surface area (Å²) in [5.74, 6) is 0.0749. The number of nitrogens with one attached hydrogen (secondary N) is 2. The molecule has 1 aromatic carbocycles. The van der Waals surface area contributed by atoms with E-state index in [1.54, 1.807) is 17.7 Å². The third kappa shape index (κ3) is 3.26. The monoisotopic (exact) mass is 343 g/mol. The van der Waals surface area contributed by atoms with Gasteiger partial charge in [0.25, 0.3) is 5.56 Å². The first-order valence-electron chi connectivity index (χ1n) is 8.18. The van der Waals surface area contributed by atoms with Crippen LogP contribution in [0.5, 0.6) is 0 Å². The third-order valence-corrected chi connectivity index (χ3v) is 4.12. The van der Waals surface area contributed by atoms with Crippen LogP contribution < -0.4 is 10.9 Å². The zero-order chi connectivity index (χ0) is 18.4. The molecule has 0 radical (unpaired) electrons. The normalized spacial score (nSPS) is 13.2. The van der Waals surface area contributed by atoms with Gasteiger partial charge in [-0.05, 0) is 51.8 Å². The number of rotatable bonds is 3. The molecule has 3 aromatic rings. The van der Waals surface area contributed by atoms with Gasteiger partial charge in [0.15, 0.2) is 5.65 Å². The average molecular weight is 343 g/mol. The van der Waals surface area contributed by atoms with E-state index in [0.717, 1.165) is 5.56 Å². The molecule has 0 amide bonds. The molecule has 6 nitrogen and oxygen atoms in total. The Morgan fingerprint density at radius 2 is 2.04 bits per heavy atom. The van der Waals surface area contributed by atoms with Crippen LogP contribution in [-0.2, 0) is 5.54 Å². The number of nitrogens with zero attached hydrogens (tertiary/aromatic N) is 3. The van der Waals surface area contributed by atoms with Gasteiger partial charge in [0.1, 0.15) is 11.2 Å². The van der Waals surface area contributed by atoms with Gasteiger partial charge in [-0.25, -0.2) is 9.07 Å². The molecule has 2 aromatic heterocycles. The number of H-pyrrole nitrogens is 1. The molecule has 0 fully saturated rings. The topological polar surface area (TPSA) is 75.6 Å². The lowest BCUT2D eigenvalue weighted by Gasteiger charge is -2.20. The maximum absolute atomic E-state index is 13.8. The maximum atomic E-state index is 13.8. The van der Waals surface area contributed by atoms with E-state index in [9.17, 15) is 9.18 Å². The van der Waals surface area contributed by atoms with Crippen molar-refractivity contribution in [2.45, 2.75) is 46.2 Å². The number of benzene rings is 1. The predicted molar refractivity (Wildman–Crippen MR) is 96.3 cm³/mol. The van der Waals surface area contributed by atoms with E-state index >= 15 is 0 Å². The van der Waals surface area contributed by atoms with Crippen LogP contribution in [0.25, 0.3) is 11.0 Å². The second-order valence-corrected chi connectivity index (χ2v) is 7.25. The van der Waals surface area contributed by atoms with Gasteiger partial charge >= 0.3 is 0 Å². The molecule has 0 aliphatic heterocycles. The van der Waals surface area contributed by atoms with Crippen LogP contribution in [0.15, 0.2) is 29.2 Å². The van der Waals surface area contributed by atoms with E-state index in [2.05, 4.69) is 20.4 Å². The Kier molecular flexibility index (Phi) is 4.10. The molecule has 3 rings (SSSR count). The highest BCUT2D eigenvalue weighted by Crippen LogP contribution is 2.22. The molecular formula is C18H22FN5O. The van der Waals surface area contributed by atoms with Crippen molar-refractivity contribution in [2.75, 3.05) is 5.32 Å². The quantitative estimate of drug-likeness (QED) is 0.763. The lowest BCUT2D eigenvalue weighted by Crippen LogP contribution is -2.24. The Bertz CT molecular complexity index is 983. The fourth-order valence-corrected chi connectivity index (χ4v) is 2.64. The molecule has 2 heterocycles. The van der Waals surface area contributed by atoms with E-state index < -0.39 is 0 Å². The number of hydrogen-bond donors (Lipinski definition) is 2. The number of anilines is 1. The van der Waals surface area contributed by atoms with Crippen molar-refractivity contribution in [3.63, 3.8) is 0 Å². The van der Waals surface area contributed by atoms with Gasteiger partial charge in [-0.2, -0.15) is 10.1 Å². The van der Waals surface area contributed by atoms with Gasteiger partial charge in [0.05, 0.1) is 17.8 Å². The smallest absolute Gasteiger partial charge is 0.263 e. The summed E-state index contributed by atoms with van der Waals surface area (Å²) in [5, 5.41) is 7.86. The number of halogens is 1. The van der Waals surface area contributed by atoms with Crippen molar-refractivity contribution in [3.05, 3.63) is 51.7 Å². The van der Waals surface area contributed by atoms with Gasteiger partial charge in [-0.3, -0.25) is 9.78 Å². The minimum absolute atomic E-state index is 0.221. The van der Waals surface area contributed by atoms with Crippen LogP contribution in [0.4, 0.5) is 10.3 Å². The first kappa shape index (κ1) is 17.1. The number of fused-ring (bicyclic) bond motifs is 1. The fraction of sp³-hybridized carbons (Fsp3) is 0.389. The SMILES string of the molecule is Cc1ccc(C(C)Nc2nc3c(cnn3C(C)(C)C)c(=O)[nH]2)cc1F. The first-order valence-corrected chi connectivity index (χ1v) is 8.18. The molecule has 7 heteroatoms. The summed E-state index contributed by atoms with van der Waals surface area (Å²) >= 11 is 0. The highest BCUT2D eigenvalue weighted by Gasteiger charge is 2.20. The molecule has 0 spiro atoms. The van der Waals surface area contributed by atoms with E-state index in [1.807, 2.05) is 33.8 Å². The first-order chi connectivity index (χ1) is 11.7. The summed E-state index contributed by atoms with van der Waals surface area (Å²) in [6, 6.07) is 4.85. The number of aryl methyl sites for hydroxylation is 1. The summed E-state index contributed by atoms with van der Waals surface area (Å²) in [7, 11) is 0. The van der Waals surface area contributed by atoms with Crippen molar-refractivity contribution in [3.8, 4) is 0 Å². The Balaban J connectivity index is 1.98. The number of aromatic amines is 1. The summed E-state index contributed by atoms with van der Waals surface area (Å²) in [5.41, 5.74) is 1.32.